The Hall–Kier alpha value is -3.13. The summed E-state index contributed by atoms with van der Waals surface area (Å²) < 4.78 is 0. The van der Waals surface area contributed by atoms with E-state index in [1.807, 2.05) is 36.4 Å². The molecule has 2 amide bonds. The Balaban J connectivity index is 1.52. The number of benzene rings is 2. The highest BCUT2D eigenvalue weighted by atomic mass is 16.2. The van der Waals surface area contributed by atoms with Crippen molar-refractivity contribution in [3.05, 3.63) is 70.8 Å². The van der Waals surface area contributed by atoms with Crippen LogP contribution in [-0.4, -0.2) is 29.3 Å². The first-order chi connectivity index (χ1) is 16.8. The second-order valence-electron chi connectivity index (χ2n) is 10.2. The third kappa shape index (κ3) is 6.31. The van der Waals surface area contributed by atoms with Crippen molar-refractivity contribution in [1.29, 1.82) is 5.26 Å². The van der Waals surface area contributed by atoms with Crippen LogP contribution in [0.2, 0.25) is 0 Å². The predicted octanol–water partition coefficient (Wildman–Crippen LogP) is 5.59. The fraction of sp³-hybridized carbons (Fsp3) is 0.500. The second-order valence-corrected chi connectivity index (χ2v) is 10.2. The molecule has 1 aliphatic rings. The molecule has 0 aliphatic carbocycles. The van der Waals surface area contributed by atoms with E-state index in [2.05, 4.69) is 51.2 Å². The summed E-state index contributed by atoms with van der Waals surface area (Å²) in [5.74, 6) is 0.150. The first-order valence-electron chi connectivity index (χ1n) is 12.9. The van der Waals surface area contributed by atoms with Crippen LogP contribution in [-0.2, 0) is 21.5 Å². The standard InChI is InChI=1S/C30H39N3O2/c1-22(2)30(21-31,26-11-6-5-7-12-26)17-9-8-14-28(34)33-18-10-13-27(33)29(35)32-20-25-16-15-23(3)24(4)19-25/h5-7,11-12,15-16,19,22,27H,8-10,13-14,17-18,20H2,1-4H3,(H,32,35)/t27-,30+/m1/s1. The molecule has 1 N–H and O–H groups in total. The van der Waals surface area contributed by atoms with Crippen LogP contribution in [0.25, 0.3) is 0 Å². The molecule has 0 saturated carbocycles. The Kier molecular flexibility index (Phi) is 9.09. The molecule has 2 atom stereocenters. The molecule has 0 spiro atoms. The zero-order valence-corrected chi connectivity index (χ0v) is 21.6. The van der Waals surface area contributed by atoms with Gasteiger partial charge in [0, 0.05) is 19.5 Å². The van der Waals surface area contributed by atoms with Crippen molar-refractivity contribution in [2.24, 2.45) is 5.92 Å². The number of amides is 2. The Morgan fingerprint density at radius 1 is 1.11 bits per heavy atom. The van der Waals surface area contributed by atoms with Gasteiger partial charge in [0.1, 0.15) is 6.04 Å². The number of nitrogens with one attached hydrogen (secondary N) is 1. The number of hydrogen-bond donors (Lipinski definition) is 1. The van der Waals surface area contributed by atoms with E-state index in [4.69, 9.17) is 0 Å². The van der Waals surface area contributed by atoms with Crippen molar-refractivity contribution in [2.45, 2.75) is 84.2 Å². The van der Waals surface area contributed by atoms with Crippen molar-refractivity contribution in [2.75, 3.05) is 6.54 Å². The number of hydrogen-bond acceptors (Lipinski definition) is 3. The summed E-state index contributed by atoms with van der Waals surface area (Å²) >= 11 is 0. The van der Waals surface area contributed by atoms with Gasteiger partial charge in [-0.05, 0) is 67.7 Å². The van der Waals surface area contributed by atoms with E-state index < -0.39 is 5.41 Å². The lowest BCUT2D eigenvalue weighted by Crippen LogP contribution is -2.45. The van der Waals surface area contributed by atoms with Gasteiger partial charge >= 0.3 is 0 Å². The quantitative estimate of drug-likeness (QED) is 0.457. The van der Waals surface area contributed by atoms with E-state index in [0.29, 0.717) is 25.9 Å². The average molecular weight is 474 g/mol. The van der Waals surface area contributed by atoms with Crippen molar-refractivity contribution < 1.29 is 9.59 Å². The summed E-state index contributed by atoms with van der Waals surface area (Å²) in [4.78, 5) is 27.6. The van der Waals surface area contributed by atoms with Crippen LogP contribution in [0.3, 0.4) is 0 Å². The molecule has 2 aromatic rings. The summed E-state index contributed by atoms with van der Waals surface area (Å²) in [6.07, 6.45) is 4.21. The molecule has 1 saturated heterocycles. The molecule has 0 aromatic heterocycles. The van der Waals surface area contributed by atoms with E-state index >= 15 is 0 Å². The van der Waals surface area contributed by atoms with Gasteiger partial charge in [-0.25, -0.2) is 0 Å². The molecule has 0 unspecified atom stereocenters. The maximum absolute atomic E-state index is 13.0. The van der Waals surface area contributed by atoms with Gasteiger partial charge in [0.05, 0.1) is 11.5 Å². The van der Waals surface area contributed by atoms with Gasteiger partial charge in [0.15, 0.2) is 0 Å². The predicted molar refractivity (Wildman–Crippen MR) is 140 cm³/mol. The Labute approximate surface area is 210 Å². The van der Waals surface area contributed by atoms with Gasteiger partial charge in [0.2, 0.25) is 11.8 Å². The number of unbranched alkanes of at least 4 members (excludes halogenated alkanes) is 1. The minimum Gasteiger partial charge on any atom is -0.350 e. The number of likely N-dealkylation sites (tertiary alicyclic amines) is 1. The minimum absolute atomic E-state index is 0.0423. The van der Waals surface area contributed by atoms with Crippen LogP contribution in [0.5, 0.6) is 0 Å². The van der Waals surface area contributed by atoms with Crippen LogP contribution in [0, 0.1) is 31.1 Å². The third-order valence-corrected chi connectivity index (χ3v) is 7.60. The van der Waals surface area contributed by atoms with E-state index in [1.165, 1.54) is 11.1 Å². The Bertz CT molecular complexity index is 1060. The first-order valence-corrected chi connectivity index (χ1v) is 12.9. The molecule has 3 rings (SSSR count). The van der Waals surface area contributed by atoms with Gasteiger partial charge in [-0.1, -0.05) is 68.8 Å². The van der Waals surface area contributed by atoms with Gasteiger partial charge in [-0.15, -0.1) is 0 Å². The zero-order chi connectivity index (χ0) is 25.4. The molecule has 5 nitrogen and oxygen atoms in total. The van der Waals surface area contributed by atoms with Gasteiger partial charge < -0.3 is 10.2 Å². The summed E-state index contributed by atoms with van der Waals surface area (Å²) in [6, 6.07) is 18.4. The molecule has 1 fully saturated rings. The normalized spacial score (nSPS) is 17.1. The molecule has 2 aromatic carbocycles. The fourth-order valence-corrected chi connectivity index (χ4v) is 5.13. The molecule has 5 heteroatoms. The molecule has 186 valence electrons. The maximum Gasteiger partial charge on any atom is 0.243 e. The lowest BCUT2D eigenvalue weighted by Gasteiger charge is -2.31. The second kappa shape index (κ2) is 12.0. The number of carbonyl (C=O) groups excluding carboxylic acids is 2. The molecule has 0 bridgehead atoms. The Morgan fingerprint density at radius 2 is 1.86 bits per heavy atom. The van der Waals surface area contributed by atoms with Gasteiger partial charge in [-0.2, -0.15) is 5.26 Å². The number of rotatable bonds is 10. The summed E-state index contributed by atoms with van der Waals surface area (Å²) in [5, 5.41) is 13.1. The lowest BCUT2D eigenvalue weighted by molar-refractivity contribution is -0.138. The summed E-state index contributed by atoms with van der Waals surface area (Å²) in [6.45, 7) is 9.44. The molecule has 1 heterocycles. The van der Waals surface area contributed by atoms with Crippen LogP contribution in [0.15, 0.2) is 48.5 Å². The highest BCUT2D eigenvalue weighted by Gasteiger charge is 2.36. The van der Waals surface area contributed by atoms with Crippen LogP contribution >= 0.6 is 0 Å². The molecule has 35 heavy (non-hydrogen) atoms. The monoisotopic (exact) mass is 473 g/mol. The van der Waals surface area contributed by atoms with Crippen molar-refractivity contribution in [3.63, 3.8) is 0 Å². The van der Waals surface area contributed by atoms with E-state index in [0.717, 1.165) is 36.8 Å². The molecular formula is C30H39N3O2. The zero-order valence-electron chi connectivity index (χ0n) is 21.6. The van der Waals surface area contributed by atoms with Crippen molar-refractivity contribution >= 4 is 11.8 Å². The molecule has 1 aliphatic heterocycles. The molecular weight excluding hydrogens is 434 g/mol. The van der Waals surface area contributed by atoms with Crippen LogP contribution < -0.4 is 5.32 Å². The smallest absolute Gasteiger partial charge is 0.243 e. The van der Waals surface area contributed by atoms with Crippen molar-refractivity contribution in [3.8, 4) is 6.07 Å². The number of nitriles is 1. The first kappa shape index (κ1) is 26.5. The van der Waals surface area contributed by atoms with E-state index in [-0.39, 0.29) is 23.8 Å². The summed E-state index contributed by atoms with van der Waals surface area (Å²) in [7, 11) is 0. The van der Waals surface area contributed by atoms with E-state index in [1.54, 1.807) is 4.90 Å². The summed E-state index contributed by atoms with van der Waals surface area (Å²) in [5.41, 5.74) is 4.01. The fourth-order valence-electron chi connectivity index (χ4n) is 5.13. The van der Waals surface area contributed by atoms with E-state index in [9.17, 15) is 14.9 Å². The molecule has 0 radical (unpaired) electrons. The van der Waals surface area contributed by atoms with Crippen LogP contribution in [0.1, 0.15) is 74.6 Å². The number of nitrogens with zero attached hydrogens (tertiary/aromatic N) is 2. The highest BCUT2D eigenvalue weighted by molar-refractivity contribution is 5.88. The van der Waals surface area contributed by atoms with Gasteiger partial charge in [-0.3, -0.25) is 9.59 Å². The number of aryl methyl sites for hydroxylation is 2. The third-order valence-electron chi connectivity index (χ3n) is 7.60. The van der Waals surface area contributed by atoms with Gasteiger partial charge in [0.25, 0.3) is 0 Å². The minimum atomic E-state index is -0.547. The number of carbonyl (C=O) groups is 2. The Morgan fingerprint density at radius 3 is 2.51 bits per heavy atom. The maximum atomic E-state index is 13.0. The largest absolute Gasteiger partial charge is 0.350 e. The van der Waals surface area contributed by atoms with Crippen LogP contribution in [0.4, 0.5) is 0 Å². The SMILES string of the molecule is Cc1ccc(CNC(=O)[C@H]2CCCN2C(=O)CCCC[C@@](C#N)(c2ccccc2)C(C)C)cc1C. The van der Waals surface area contributed by atoms with Crippen molar-refractivity contribution in [1.82, 2.24) is 10.2 Å². The highest BCUT2D eigenvalue weighted by Crippen LogP contribution is 2.37. The average Bonchev–Trinajstić information content (AvgIpc) is 3.35. The topological polar surface area (TPSA) is 73.2 Å². The lowest BCUT2D eigenvalue weighted by atomic mass is 9.69.